The van der Waals surface area contributed by atoms with Crippen molar-refractivity contribution in [1.29, 1.82) is 0 Å². The molecule has 0 N–H and O–H groups in total. The van der Waals surface area contributed by atoms with Crippen molar-refractivity contribution < 1.29 is 13.2 Å². The van der Waals surface area contributed by atoms with Gasteiger partial charge in [-0.3, -0.25) is 0 Å². The summed E-state index contributed by atoms with van der Waals surface area (Å²) >= 11 is 0. The predicted molar refractivity (Wildman–Crippen MR) is 124 cm³/mol. The topological polar surface area (TPSA) is 0 Å². The third kappa shape index (κ3) is 6.12. The summed E-state index contributed by atoms with van der Waals surface area (Å²) in [5, 5.41) is 0. The lowest BCUT2D eigenvalue weighted by atomic mass is 9.83. The van der Waals surface area contributed by atoms with Crippen LogP contribution in [-0.4, -0.2) is 0 Å². The standard InChI is InChI=1S/C28H33F3/c1-3-5-6-8-24-17-18-25(28(31)27(24)30)22-14-11-20(12-15-22)9-10-21-13-16-23(7-4-2)26(29)19-21/h9-11,13,16-19,22H,3-8,12,14-15H2,1-2H3/b10-9+. The lowest BCUT2D eigenvalue weighted by Gasteiger charge is -2.22. The van der Waals surface area contributed by atoms with Gasteiger partial charge in [-0.05, 0) is 72.8 Å². The number of allylic oxidation sites excluding steroid dienone is 3. The van der Waals surface area contributed by atoms with Crippen molar-refractivity contribution >= 4 is 6.08 Å². The van der Waals surface area contributed by atoms with Crippen LogP contribution < -0.4 is 0 Å². The van der Waals surface area contributed by atoms with Crippen LogP contribution in [0.3, 0.4) is 0 Å². The van der Waals surface area contributed by atoms with Crippen molar-refractivity contribution in [3.63, 3.8) is 0 Å². The van der Waals surface area contributed by atoms with Crippen LogP contribution in [0.4, 0.5) is 13.2 Å². The Morgan fingerprint density at radius 1 is 0.871 bits per heavy atom. The zero-order valence-electron chi connectivity index (χ0n) is 18.7. The van der Waals surface area contributed by atoms with Crippen LogP contribution >= 0.6 is 0 Å². The first-order valence-electron chi connectivity index (χ1n) is 11.7. The molecule has 1 atom stereocenters. The molecule has 2 aromatic rings. The van der Waals surface area contributed by atoms with Crippen molar-refractivity contribution in [2.75, 3.05) is 0 Å². The molecule has 2 aromatic carbocycles. The molecule has 1 aliphatic carbocycles. The summed E-state index contributed by atoms with van der Waals surface area (Å²) in [5.74, 6) is -1.50. The summed E-state index contributed by atoms with van der Waals surface area (Å²) in [7, 11) is 0. The fourth-order valence-electron chi connectivity index (χ4n) is 4.31. The minimum atomic E-state index is -0.672. The van der Waals surface area contributed by atoms with Crippen LogP contribution in [0.1, 0.15) is 87.0 Å². The minimum absolute atomic E-state index is 0.00196. The van der Waals surface area contributed by atoms with Gasteiger partial charge in [0.15, 0.2) is 11.6 Å². The van der Waals surface area contributed by atoms with Gasteiger partial charge in [0.2, 0.25) is 0 Å². The second kappa shape index (κ2) is 11.4. The number of unbranched alkanes of at least 4 members (excludes halogenated alkanes) is 2. The van der Waals surface area contributed by atoms with Gasteiger partial charge in [0, 0.05) is 0 Å². The molecule has 0 saturated heterocycles. The van der Waals surface area contributed by atoms with E-state index in [1.165, 1.54) is 0 Å². The summed E-state index contributed by atoms with van der Waals surface area (Å²) < 4.78 is 43.3. The van der Waals surface area contributed by atoms with E-state index in [-0.39, 0.29) is 11.7 Å². The van der Waals surface area contributed by atoms with Crippen LogP contribution in [-0.2, 0) is 12.8 Å². The molecule has 1 aliphatic rings. The van der Waals surface area contributed by atoms with Crippen LogP contribution in [0.2, 0.25) is 0 Å². The number of benzene rings is 2. The highest BCUT2D eigenvalue weighted by atomic mass is 19.2. The highest BCUT2D eigenvalue weighted by Gasteiger charge is 2.22. The molecule has 166 valence electrons. The molecule has 31 heavy (non-hydrogen) atoms. The average molecular weight is 427 g/mol. The van der Waals surface area contributed by atoms with E-state index in [0.717, 1.165) is 61.6 Å². The van der Waals surface area contributed by atoms with E-state index in [2.05, 4.69) is 13.0 Å². The van der Waals surface area contributed by atoms with Gasteiger partial charge in [0.05, 0.1) is 0 Å². The van der Waals surface area contributed by atoms with Crippen LogP contribution in [0, 0.1) is 17.5 Å². The quantitative estimate of drug-likeness (QED) is 0.352. The summed E-state index contributed by atoms with van der Waals surface area (Å²) in [4.78, 5) is 0. The fraction of sp³-hybridized carbons (Fsp3) is 0.429. The van der Waals surface area contributed by atoms with E-state index >= 15 is 0 Å². The largest absolute Gasteiger partial charge is 0.207 e. The molecule has 0 spiro atoms. The van der Waals surface area contributed by atoms with Gasteiger partial charge < -0.3 is 0 Å². The molecule has 3 rings (SSSR count). The van der Waals surface area contributed by atoms with Crippen molar-refractivity contribution in [2.45, 2.75) is 77.6 Å². The second-order valence-corrected chi connectivity index (χ2v) is 8.58. The van der Waals surface area contributed by atoms with E-state index in [9.17, 15) is 13.2 Å². The van der Waals surface area contributed by atoms with E-state index in [1.54, 1.807) is 18.2 Å². The molecule has 0 saturated carbocycles. The molecule has 0 radical (unpaired) electrons. The smallest absolute Gasteiger partial charge is 0.162 e. The van der Waals surface area contributed by atoms with Gasteiger partial charge >= 0.3 is 0 Å². The number of hydrogen-bond acceptors (Lipinski definition) is 0. The molecule has 0 nitrogen and oxygen atoms in total. The van der Waals surface area contributed by atoms with Crippen LogP contribution in [0.15, 0.2) is 48.1 Å². The lowest BCUT2D eigenvalue weighted by molar-refractivity contribution is 0.469. The fourth-order valence-corrected chi connectivity index (χ4v) is 4.31. The molecule has 0 aliphatic heterocycles. The highest BCUT2D eigenvalue weighted by Crippen LogP contribution is 2.35. The maximum atomic E-state index is 14.7. The number of halogens is 3. The van der Waals surface area contributed by atoms with E-state index < -0.39 is 11.6 Å². The number of rotatable bonds is 9. The Labute approximate surface area is 184 Å². The van der Waals surface area contributed by atoms with Gasteiger partial charge in [-0.2, -0.15) is 0 Å². The maximum Gasteiger partial charge on any atom is 0.162 e. The molecule has 1 unspecified atom stereocenters. The van der Waals surface area contributed by atoms with Gasteiger partial charge in [-0.25, -0.2) is 13.2 Å². The summed E-state index contributed by atoms with van der Waals surface area (Å²) in [6.07, 6.45) is 13.6. The molecule has 0 aromatic heterocycles. The van der Waals surface area contributed by atoms with Gasteiger partial charge in [0.1, 0.15) is 5.82 Å². The first kappa shape index (κ1) is 23.4. The molecule has 0 fully saturated rings. The second-order valence-electron chi connectivity index (χ2n) is 8.58. The normalized spacial score (nSPS) is 16.7. The third-order valence-electron chi connectivity index (χ3n) is 6.21. The van der Waals surface area contributed by atoms with Crippen LogP contribution in [0.5, 0.6) is 0 Å². The Morgan fingerprint density at radius 3 is 2.35 bits per heavy atom. The number of aryl methyl sites for hydroxylation is 2. The summed E-state index contributed by atoms with van der Waals surface area (Å²) in [5.41, 5.74) is 3.73. The Bertz CT molecular complexity index is 940. The van der Waals surface area contributed by atoms with Gasteiger partial charge in [-0.1, -0.05) is 81.2 Å². The molecule has 0 bridgehead atoms. The SMILES string of the molecule is CCCCCc1ccc(C2CC=C(/C=C/c3ccc(CCC)c(F)c3)CC2)c(F)c1F. The summed E-state index contributed by atoms with van der Waals surface area (Å²) in [6.45, 7) is 4.14. The van der Waals surface area contributed by atoms with Crippen molar-refractivity contribution in [3.05, 3.63) is 87.8 Å². The maximum absolute atomic E-state index is 14.7. The molecule has 3 heteroatoms. The minimum Gasteiger partial charge on any atom is -0.207 e. The van der Waals surface area contributed by atoms with E-state index in [4.69, 9.17) is 0 Å². The van der Waals surface area contributed by atoms with Crippen LogP contribution in [0.25, 0.3) is 6.08 Å². The molecule has 0 heterocycles. The number of hydrogen-bond donors (Lipinski definition) is 0. The highest BCUT2D eigenvalue weighted by molar-refractivity contribution is 5.54. The zero-order valence-corrected chi connectivity index (χ0v) is 18.7. The monoisotopic (exact) mass is 426 g/mol. The van der Waals surface area contributed by atoms with E-state index in [1.807, 2.05) is 31.2 Å². The lowest BCUT2D eigenvalue weighted by Crippen LogP contribution is -2.08. The summed E-state index contributed by atoms with van der Waals surface area (Å²) in [6, 6.07) is 8.91. The zero-order chi connectivity index (χ0) is 22.2. The predicted octanol–water partition coefficient (Wildman–Crippen LogP) is 8.70. The van der Waals surface area contributed by atoms with Gasteiger partial charge in [0.25, 0.3) is 0 Å². The first-order chi connectivity index (χ1) is 15.0. The Morgan fingerprint density at radius 2 is 1.68 bits per heavy atom. The van der Waals surface area contributed by atoms with Crippen molar-refractivity contribution in [3.8, 4) is 0 Å². The third-order valence-corrected chi connectivity index (χ3v) is 6.21. The molecular weight excluding hydrogens is 393 g/mol. The Hall–Kier alpha value is -2.29. The van der Waals surface area contributed by atoms with Crippen molar-refractivity contribution in [1.82, 2.24) is 0 Å². The average Bonchev–Trinajstić information content (AvgIpc) is 2.78. The molecule has 0 amide bonds. The Kier molecular flexibility index (Phi) is 8.57. The molecular formula is C28H33F3. The van der Waals surface area contributed by atoms with E-state index in [0.29, 0.717) is 24.0 Å². The Balaban J connectivity index is 1.64. The first-order valence-corrected chi connectivity index (χ1v) is 11.7. The van der Waals surface area contributed by atoms with Crippen molar-refractivity contribution in [2.24, 2.45) is 0 Å². The van der Waals surface area contributed by atoms with Gasteiger partial charge in [-0.15, -0.1) is 0 Å².